The first kappa shape index (κ1) is 34.9. The molecule has 19 heteroatoms. The van der Waals surface area contributed by atoms with Crippen LogP contribution in [0, 0.1) is 12.1 Å². The topological polar surface area (TPSA) is 179 Å². The average molecular weight is 728 g/mol. The van der Waals surface area contributed by atoms with Crippen LogP contribution in [0.3, 0.4) is 0 Å². The number of sulfonamides is 1. The van der Waals surface area contributed by atoms with Crippen molar-refractivity contribution >= 4 is 27.9 Å². The average Bonchev–Trinajstić information content (AvgIpc) is 3.63. The molecule has 1 N–H and O–H groups in total. The number of aromatic nitrogens is 2. The molecule has 0 bridgehead atoms. The number of benzene rings is 3. The summed E-state index contributed by atoms with van der Waals surface area (Å²) < 4.78 is 74.2. The summed E-state index contributed by atoms with van der Waals surface area (Å²) in [5.41, 5.74) is 0.847. The van der Waals surface area contributed by atoms with Gasteiger partial charge < -0.3 is 14.8 Å². The molecule has 3 heterocycles. The molecule has 6 rings (SSSR count). The summed E-state index contributed by atoms with van der Waals surface area (Å²) in [6, 6.07) is 17.8. The highest BCUT2D eigenvalue weighted by molar-refractivity contribution is 7.90. The van der Waals surface area contributed by atoms with Gasteiger partial charge in [-0.2, -0.15) is 18.3 Å². The molecule has 1 aromatic heterocycles. The van der Waals surface area contributed by atoms with Crippen LogP contribution >= 0.6 is 0 Å². The molecule has 0 aliphatic carbocycles. The van der Waals surface area contributed by atoms with Crippen molar-refractivity contribution in [3.8, 4) is 16.9 Å². The van der Waals surface area contributed by atoms with E-state index in [1.54, 1.807) is 41.1 Å². The number of rotatable bonds is 10. The largest absolute Gasteiger partial charge is 0.569 e. The summed E-state index contributed by atoms with van der Waals surface area (Å²) in [4.78, 5) is 43.3. The minimum absolute atomic E-state index is 0.0733. The summed E-state index contributed by atoms with van der Waals surface area (Å²) in [6.45, 7) is 2.96. The van der Waals surface area contributed by atoms with E-state index >= 15 is 0 Å². The minimum Gasteiger partial charge on any atom is -0.569 e. The number of hydrogen-bond donors (Lipinski definition) is 1. The molecule has 15 nitrogen and oxygen atoms in total. The molecular weight excluding hydrogens is 699 g/mol. The van der Waals surface area contributed by atoms with E-state index in [2.05, 4.69) is 10.4 Å². The molecule has 2 aliphatic rings. The van der Waals surface area contributed by atoms with Crippen molar-refractivity contribution in [2.24, 2.45) is 5.28 Å². The van der Waals surface area contributed by atoms with Gasteiger partial charge in [0.2, 0.25) is 11.5 Å². The highest BCUT2D eigenvalue weighted by Crippen LogP contribution is 2.33. The third kappa shape index (κ3) is 7.05. The van der Waals surface area contributed by atoms with Crippen molar-refractivity contribution in [3.63, 3.8) is 0 Å². The lowest BCUT2D eigenvalue weighted by atomic mass is 10.1. The molecule has 2 aliphatic heterocycles. The van der Waals surface area contributed by atoms with Crippen LogP contribution in [0.5, 0.6) is 0 Å². The number of carbonyl (C=O) groups is 3. The number of nitrogens with one attached hydrogen (secondary N) is 1. The first-order valence-electron chi connectivity index (χ1n) is 15.3. The van der Waals surface area contributed by atoms with Gasteiger partial charge >= 0.3 is 12.3 Å². The zero-order valence-corrected chi connectivity index (χ0v) is 27.6. The number of aryl methyl sites for hydroxylation is 1. The van der Waals surface area contributed by atoms with Crippen LogP contribution in [-0.2, 0) is 25.8 Å². The van der Waals surface area contributed by atoms with Gasteiger partial charge in [0.25, 0.3) is 21.8 Å². The van der Waals surface area contributed by atoms with E-state index in [0.29, 0.717) is 12.0 Å². The Bertz CT molecular complexity index is 2100. The monoisotopic (exact) mass is 727 g/mol. The number of hydrazine groups is 1. The Labute approximate surface area is 288 Å². The van der Waals surface area contributed by atoms with Crippen LogP contribution in [0.1, 0.15) is 45.3 Å². The maximum atomic E-state index is 13.5. The van der Waals surface area contributed by atoms with Crippen molar-refractivity contribution < 1.29 is 50.5 Å². The molecule has 0 saturated carbocycles. The van der Waals surface area contributed by atoms with Gasteiger partial charge in [0, 0.05) is 5.56 Å². The second-order valence-electron chi connectivity index (χ2n) is 11.6. The van der Waals surface area contributed by atoms with Gasteiger partial charge in [-0.05, 0) is 62.7 Å². The van der Waals surface area contributed by atoms with E-state index in [-0.39, 0.29) is 38.9 Å². The van der Waals surface area contributed by atoms with E-state index in [1.165, 1.54) is 31.2 Å². The smallest absolute Gasteiger partial charge is 0.435 e. The third-order valence-electron chi connectivity index (χ3n) is 8.15. The second-order valence-corrected chi connectivity index (χ2v) is 13.2. The van der Waals surface area contributed by atoms with Gasteiger partial charge in [-0.3, -0.25) is 9.59 Å². The molecule has 51 heavy (non-hydrogen) atoms. The number of amides is 3. The molecule has 0 spiro atoms. The molecule has 0 radical (unpaired) electrons. The van der Waals surface area contributed by atoms with Crippen molar-refractivity contribution in [1.82, 2.24) is 24.4 Å². The third-order valence-corrected chi connectivity index (χ3v) is 9.48. The van der Waals surface area contributed by atoms with Crippen LogP contribution in [-0.4, -0.2) is 76.4 Å². The van der Waals surface area contributed by atoms with E-state index in [1.807, 2.05) is 6.92 Å². The summed E-state index contributed by atoms with van der Waals surface area (Å²) >= 11 is 0. The Kier molecular flexibility index (Phi) is 9.15. The van der Waals surface area contributed by atoms with Gasteiger partial charge in [0.15, 0.2) is 5.69 Å². The van der Waals surface area contributed by atoms with Gasteiger partial charge in [-0.1, -0.05) is 42.0 Å². The van der Waals surface area contributed by atoms with Crippen molar-refractivity contribution in [2.75, 3.05) is 13.2 Å². The Hall–Kier alpha value is -5.98. The van der Waals surface area contributed by atoms with Gasteiger partial charge in [0.1, 0.15) is 12.6 Å². The second kappa shape index (κ2) is 13.4. The normalized spacial score (nSPS) is 16.8. The highest BCUT2D eigenvalue weighted by atomic mass is 32.2. The number of nitrogens with zero attached hydrogens (tertiary/aromatic N) is 6. The van der Waals surface area contributed by atoms with Gasteiger partial charge in [-0.15, -0.1) is 5.01 Å². The fraction of sp³-hybridized carbons (Fsp3) is 0.250. The molecule has 1 saturated heterocycles. The molecule has 3 aromatic carbocycles. The predicted octanol–water partition coefficient (Wildman–Crippen LogP) is 4.81. The predicted molar refractivity (Wildman–Crippen MR) is 169 cm³/mol. The first-order valence-corrected chi connectivity index (χ1v) is 16.7. The minimum atomic E-state index is -4.73. The zero-order chi connectivity index (χ0) is 36.7. The maximum absolute atomic E-state index is 13.5. The van der Waals surface area contributed by atoms with Gasteiger partial charge in [0.05, 0.1) is 38.9 Å². The first-order chi connectivity index (χ1) is 24.1. The van der Waals surface area contributed by atoms with Crippen molar-refractivity contribution in [1.29, 1.82) is 0 Å². The Balaban J connectivity index is 1.05. The highest BCUT2D eigenvalue weighted by Gasteiger charge is 2.41. The van der Waals surface area contributed by atoms with E-state index in [9.17, 15) is 41.2 Å². The molecule has 3 amide bonds. The summed E-state index contributed by atoms with van der Waals surface area (Å²) in [6.07, 6.45) is -6.93. The fourth-order valence-corrected chi connectivity index (χ4v) is 6.24. The molecule has 1 fully saturated rings. The SMILES string of the molecule is Cc1ccc(-c2cc(C(F)(F)F)nn2-c2ccc(S(=O)(=O)NC(=O)OC[C@@H]3CCN3[N+]([O-])=NOC(C)N3C(=O)c4ccccc4C3=O)cc2)cc1. The lowest BCUT2D eigenvalue weighted by Gasteiger charge is -2.34. The Morgan fingerprint density at radius 2 is 1.69 bits per heavy atom. The molecule has 266 valence electrons. The molecular formula is C32H28F3N7O8S. The number of alkyl halides is 3. The quantitative estimate of drug-likeness (QED) is 0.103. The van der Waals surface area contributed by atoms with E-state index < -0.39 is 58.7 Å². The zero-order valence-electron chi connectivity index (χ0n) is 26.8. The maximum Gasteiger partial charge on any atom is 0.435 e. The Morgan fingerprint density at radius 3 is 2.25 bits per heavy atom. The van der Waals surface area contributed by atoms with E-state index in [4.69, 9.17) is 9.57 Å². The summed E-state index contributed by atoms with van der Waals surface area (Å²) in [5.74, 6) is -1.21. The van der Waals surface area contributed by atoms with E-state index in [0.717, 1.165) is 38.4 Å². The van der Waals surface area contributed by atoms with Crippen LogP contribution in [0.4, 0.5) is 18.0 Å². The van der Waals surface area contributed by atoms with Crippen LogP contribution in [0.2, 0.25) is 0 Å². The number of hydrogen-bond acceptors (Lipinski definition) is 10. The van der Waals surface area contributed by atoms with Crippen LogP contribution in [0.25, 0.3) is 16.9 Å². The van der Waals surface area contributed by atoms with Crippen molar-refractivity contribution in [2.45, 2.75) is 43.6 Å². The number of carbonyl (C=O) groups excluding carboxylic acids is 3. The van der Waals surface area contributed by atoms with Crippen molar-refractivity contribution in [3.05, 3.63) is 106 Å². The molecule has 4 aromatic rings. The number of fused-ring (bicyclic) bond motifs is 1. The Morgan fingerprint density at radius 1 is 1.06 bits per heavy atom. The number of ether oxygens (including phenoxy) is 1. The van der Waals surface area contributed by atoms with Crippen LogP contribution in [0.15, 0.2) is 89.0 Å². The fourth-order valence-electron chi connectivity index (χ4n) is 5.35. The summed E-state index contributed by atoms with van der Waals surface area (Å²) in [7, 11) is -4.48. The summed E-state index contributed by atoms with van der Waals surface area (Å²) in [5, 5.41) is 20.8. The van der Waals surface area contributed by atoms with Crippen LogP contribution < -0.4 is 4.72 Å². The number of imide groups is 1. The standard InChI is InChI=1S/C32H28F3N7O8S/c1-19-7-9-21(10-8-19)27-17-28(32(33,34)35)36-41(27)22-11-13-24(14-12-22)51(47,48)37-31(45)49-18-23-15-16-39(23)42(46)38-50-20(2)40-29(43)25-5-3-4-6-26(25)30(40)44/h3-14,17,20,23H,15-16,18H2,1-2H3,(H,37,45)/t20?,23-/m0/s1. The van der Waals surface area contributed by atoms with Gasteiger partial charge in [-0.25, -0.2) is 27.5 Å². The number of halogens is 3. The lowest BCUT2D eigenvalue weighted by molar-refractivity contribution is -0.733. The molecule has 1 unspecified atom stereocenters. The molecule has 2 atom stereocenters. The lowest BCUT2D eigenvalue weighted by Crippen LogP contribution is -2.54.